The number of aromatic nitrogens is 1. The second-order valence-corrected chi connectivity index (χ2v) is 6.34. The van der Waals surface area contributed by atoms with E-state index in [2.05, 4.69) is 45.0 Å². The van der Waals surface area contributed by atoms with E-state index in [-0.39, 0.29) is 12.1 Å². The van der Waals surface area contributed by atoms with E-state index in [0.29, 0.717) is 6.54 Å². The number of amides is 2. The first kappa shape index (κ1) is 16.5. The molecular formula is C18H24N4O2. The molecule has 1 fully saturated rings. The minimum Gasteiger partial charge on any atom is -0.361 e. The zero-order valence-corrected chi connectivity index (χ0v) is 14.2. The molecule has 1 saturated heterocycles. The van der Waals surface area contributed by atoms with Crippen molar-refractivity contribution in [1.29, 1.82) is 0 Å². The molecule has 1 aliphatic heterocycles. The van der Waals surface area contributed by atoms with Crippen LogP contribution in [-0.4, -0.2) is 35.2 Å². The van der Waals surface area contributed by atoms with E-state index in [1.165, 1.54) is 5.56 Å². The molecule has 0 radical (unpaired) electrons. The topological polar surface area (TPSA) is 70.4 Å². The minimum absolute atomic E-state index is 0.137. The molecule has 1 aliphatic rings. The average Bonchev–Trinajstić information content (AvgIpc) is 3.13. The Balaban J connectivity index is 1.43. The van der Waals surface area contributed by atoms with E-state index in [4.69, 9.17) is 4.52 Å². The summed E-state index contributed by atoms with van der Waals surface area (Å²) in [7, 11) is 0. The number of hydrogen-bond donors (Lipinski definition) is 2. The molecule has 24 heavy (non-hydrogen) atoms. The van der Waals surface area contributed by atoms with Crippen LogP contribution in [0.2, 0.25) is 0 Å². The summed E-state index contributed by atoms with van der Waals surface area (Å²) < 4.78 is 5.10. The molecule has 0 unspecified atom stereocenters. The van der Waals surface area contributed by atoms with Crippen molar-refractivity contribution in [3.8, 4) is 0 Å². The number of urea groups is 1. The molecular weight excluding hydrogens is 304 g/mol. The van der Waals surface area contributed by atoms with Gasteiger partial charge < -0.3 is 15.2 Å². The fourth-order valence-corrected chi connectivity index (χ4v) is 3.10. The van der Waals surface area contributed by atoms with Crippen molar-refractivity contribution in [3.05, 3.63) is 52.9 Å². The highest BCUT2D eigenvalue weighted by atomic mass is 16.5. The van der Waals surface area contributed by atoms with E-state index in [9.17, 15) is 4.79 Å². The predicted molar refractivity (Wildman–Crippen MR) is 91.5 cm³/mol. The van der Waals surface area contributed by atoms with Crippen LogP contribution >= 0.6 is 0 Å². The van der Waals surface area contributed by atoms with Crippen LogP contribution in [0.3, 0.4) is 0 Å². The maximum atomic E-state index is 12.1. The highest BCUT2D eigenvalue weighted by Gasteiger charge is 2.23. The fourth-order valence-electron chi connectivity index (χ4n) is 3.10. The van der Waals surface area contributed by atoms with Crippen LogP contribution in [-0.2, 0) is 13.1 Å². The Morgan fingerprint density at radius 1 is 1.33 bits per heavy atom. The van der Waals surface area contributed by atoms with Gasteiger partial charge in [-0.05, 0) is 25.8 Å². The third kappa shape index (κ3) is 4.14. The zero-order valence-electron chi connectivity index (χ0n) is 14.2. The second-order valence-electron chi connectivity index (χ2n) is 6.34. The molecule has 1 atom stereocenters. The summed E-state index contributed by atoms with van der Waals surface area (Å²) in [4.78, 5) is 14.5. The van der Waals surface area contributed by atoms with Gasteiger partial charge in [0.25, 0.3) is 0 Å². The van der Waals surface area contributed by atoms with Crippen LogP contribution in [0.15, 0.2) is 34.9 Å². The Morgan fingerprint density at radius 3 is 2.83 bits per heavy atom. The minimum atomic E-state index is -0.137. The van der Waals surface area contributed by atoms with Gasteiger partial charge in [-0.3, -0.25) is 4.90 Å². The Labute approximate surface area is 142 Å². The van der Waals surface area contributed by atoms with Gasteiger partial charge in [0, 0.05) is 37.8 Å². The Hall–Kier alpha value is -2.34. The summed E-state index contributed by atoms with van der Waals surface area (Å²) in [5.41, 5.74) is 3.07. The molecule has 0 saturated carbocycles. The van der Waals surface area contributed by atoms with E-state index < -0.39 is 0 Å². The summed E-state index contributed by atoms with van der Waals surface area (Å²) in [5.74, 6) is 0.753. The summed E-state index contributed by atoms with van der Waals surface area (Å²) >= 11 is 0. The lowest BCUT2D eigenvalue weighted by molar-refractivity contribution is 0.235. The lowest BCUT2D eigenvalue weighted by Crippen LogP contribution is -2.43. The Morgan fingerprint density at radius 2 is 2.12 bits per heavy atom. The number of carbonyl (C=O) groups is 1. The third-order valence-corrected chi connectivity index (χ3v) is 4.46. The Bertz CT molecular complexity index is 664. The number of rotatable bonds is 5. The van der Waals surface area contributed by atoms with E-state index in [1.807, 2.05) is 19.9 Å². The van der Waals surface area contributed by atoms with Gasteiger partial charge >= 0.3 is 6.03 Å². The van der Waals surface area contributed by atoms with E-state index in [0.717, 1.165) is 43.1 Å². The van der Waals surface area contributed by atoms with E-state index >= 15 is 0 Å². The first-order chi connectivity index (χ1) is 11.6. The van der Waals surface area contributed by atoms with Gasteiger partial charge in [0.05, 0.1) is 5.69 Å². The number of nitrogens with zero attached hydrogens (tertiary/aromatic N) is 2. The number of nitrogens with one attached hydrogen (secondary N) is 2. The molecule has 2 N–H and O–H groups in total. The molecule has 1 aromatic carbocycles. The SMILES string of the molecule is Cc1noc(C)c1CNC(=O)N[C@@H]1CCN(Cc2ccccc2)C1. The molecule has 0 spiro atoms. The molecule has 128 valence electrons. The first-order valence-electron chi connectivity index (χ1n) is 8.34. The second kappa shape index (κ2) is 7.49. The molecule has 6 heteroatoms. The number of aryl methyl sites for hydroxylation is 2. The van der Waals surface area contributed by atoms with Crippen molar-refractivity contribution in [2.24, 2.45) is 0 Å². The molecule has 1 aromatic heterocycles. The quantitative estimate of drug-likeness (QED) is 0.884. The molecule has 0 aliphatic carbocycles. The van der Waals surface area contributed by atoms with Crippen LogP contribution in [0.4, 0.5) is 4.79 Å². The highest BCUT2D eigenvalue weighted by molar-refractivity contribution is 5.74. The van der Waals surface area contributed by atoms with Crippen molar-refractivity contribution in [2.45, 2.75) is 39.4 Å². The van der Waals surface area contributed by atoms with Crippen molar-refractivity contribution < 1.29 is 9.32 Å². The van der Waals surface area contributed by atoms with Crippen LogP contribution in [0.5, 0.6) is 0 Å². The summed E-state index contributed by atoms with van der Waals surface area (Å²) in [5, 5.41) is 9.84. The van der Waals surface area contributed by atoms with Gasteiger partial charge in [0.2, 0.25) is 0 Å². The van der Waals surface area contributed by atoms with Gasteiger partial charge in [0.15, 0.2) is 0 Å². The fraction of sp³-hybridized carbons (Fsp3) is 0.444. The largest absolute Gasteiger partial charge is 0.361 e. The number of benzene rings is 1. The van der Waals surface area contributed by atoms with Crippen LogP contribution in [0.25, 0.3) is 0 Å². The van der Waals surface area contributed by atoms with Crippen molar-refractivity contribution >= 4 is 6.03 Å². The molecule has 2 aromatic rings. The van der Waals surface area contributed by atoms with Crippen LogP contribution in [0, 0.1) is 13.8 Å². The normalized spacial score (nSPS) is 17.8. The third-order valence-electron chi connectivity index (χ3n) is 4.46. The first-order valence-corrected chi connectivity index (χ1v) is 8.34. The average molecular weight is 328 g/mol. The van der Waals surface area contributed by atoms with Gasteiger partial charge in [-0.1, -0.05) is 35.5 Å². The number of hydrogen-bond acceptors (Lipinski definition) is 4. The molecule has 2 heterocycles. The maximum Gasteiger partial charge on any atom is 0.315 e. The lowest BCUT2D eigenvalue weighted by atomic mass is 10.2. The smallest absolute Gasteiger partial charge is 0.315 e. The van der Waals surface area contributed by atoms with Crippen LogP contribution in [0.1, 0.15) is 29.0 Å². The van der Waals surface area contributed by atoms with Gasteiger partial charge in [-0.2, -0.15) is 0 Å². The molecule has 3 rings (SSSR count). The van der Waals surface area contributed by atoms with Gasteiger partial charge in [-0.25, -0.2) is 4.79 Å². The summed E-state index contributed by atoms with van der Waals surface area (Å²) in [6, 6.07) is 10.5. The Kier molecular flexibility index (Phi) is 5.15. The monoisotopic (exact) mass is 328 g/mol. The standard InChI is InChI=1S/C18H24N4O2/c1-13-17(14(2)24-21-13)10-19-18(23)20-16-8-9-22(12-16)11-15-6-4-3-5-7-15/h3-7,16H,8-12H2,1-2H3,(H2,19,20,23)/t16-/m1/s1. The number of carbonyl (C=O) groups excluding carboxylic acids is 1. The van der Waals surface area contributed by atoms with Gasteiger partial charge in [-0.15, -0.1) is 0 Å². The lowest BCUT2D eigenvalue weighted by Gasteiger charge is -2.17. The molecule has 6 nitrogen and oxygen atoms in total. The van der Waals surface area contributed by atoms with E-state index in [1.54, 1.807) is 0 Å². The molecule has 0 bridgehead atoms. The predicted octanol–water partition coefficient (Wildman–Crippen LogP) is 2.37. The molecule has 2 amide bonds. The van der Waals surface area contributed by atoms with Crippen LogP contribution < -0.4 is 10.6 Å². The zero-order chi connectivity index (χ0) is 16.9. The number of likely N-dealkylation sites (tertiary alicyclic amines) is 1. The maximum absolute atomic E-state index is 12.1. The van der Waals surface area contributed by atoms with Gasteiger partial charge in [0.1, 0.15) is 5.76 Å². The summed E-state index contributed by atoms with van der Waals surface area (Å²) in [6.07, 6.45) is 0.978. The highest BCUT2D eigenvalue weighted by Crippen LogP contribution is 2.14. The van der Waals surface area contributed by atoms with Crippen molar-refractivity contribution in [1.82, 2.24) is 20.7 Å². The van der Waals surface area contributed by atoms with Crippen molar-refractivity contribution in [3.63, 3.8) is 0 Å². The summed E-state index contributed by atoms with van der Waals surface area (Å²) in [6.45, 7) is 6.99. The van der Waals surface area contributed by atoms with Crippen molar-refractivity contribution in [2.75, 3.05) is 13.1 Å².